The number of rotatable bonds is 7. The van der Waals surface area contributed by atoms with Gasteiger partial charge >= 0.3 is 6.03 Å². The van der Waals surface area contributed by atoms with Gasteiger partial charge in [-0.05, 0) is 38.2 Å². The van der Waals surface area contributed by atoms with Crippen LogP contribution in [0.1, 0.15) is 38.8 Å². The van der Waals surface area contributed by atoms with Gasteiger partial charge in [-0.2, -0.15) is 0 Å². The van der Waals surface area contributed by atoms with E-state index in [1.54, 1.807) is 13.3 Å². The maximum atomic E-state index is 13.3. The minimum absolute atomic E-state index is 0.0564. The molecule has 3 amide bonds. The molecule has 3 heterocycles. The Morgan fingerprint density at radius 3 is 2.57 bits per heavy atom. The lowest BCUT2D eigenvalue weighted by atomic mass is 9.85. The monoisotopic (exact) mass is 389 g/mol. The molecule has 28 heavy (non-hydrogen) atoms. The van der Waals surface area contributed by atoms with Crippen molar-refractivity contribution in [1.29, 1.82) is 0 Å². The number of urea groups is 1. The molecule has 8 nitrogen and oxygen atoms in total. The Balaban J connectivity index is 1.79. The van der Waals surface area contributed by atoms with Crippen molar-refractivity contribution in [2.24, 2.45) is 5.92 Å². The summed E-state index contributed by atoms with van der Waals surface area (Å²) in [5, 5.41) is 0. The minimum atomic E-state index is -0.741. The van der Waals surface area contributed by atoms with E-state index in [-0.39, 0.29) is 11.9 Å². The Hall–Kier alpha value is -2.22. The highest BCUT2D eigenvalue weighted by atomic mass is 16.5. The number of ether oxygens (including phenoxy) is 1. The number of hydrogen-bond donors (Lipinski definition) is 0. The van der Waals surface area contributed by atoms with Crippen molar-refractivity contribution in [3.05, 3.63) is 18.0 Å². The fraction of sp³-hybridized carbons (Fsp3) is 0.700. The Morgan fingerprint density at radius 1 is 1.25 bits per heavy atom. The average molecular weight is 390 g/mol. The van der Waals surface area contributed by atoms with E-state index < -0.39 is 5.54 Å². The van der Waals surface area contributed by atoms with Crippen molar-refractivity contribution in [2.45, 2.75) is 45.6 Å². The van der Waals surface area contributed by atoms with Crippen LogP contribution in [-0.2, 0) is 9.53 Å². The number of anilines is 1. The van der Waals surface area contributed by atoms with Gasteiger partial charge in [0.2, 0.25) is 5.95 Å². The highest BCUT2D eigenvalue weighted by Gasteiger charge is 2.57. The van der Waals surface area contributed by atoms with E-state index in [0.29, 0.717) is 63.9 Å². The van der Waals surface area contributed by atoms with Crippen molar-refractivity contribution in [3.8, 4) is 0 Å². The fourth-order valence-corrected chi connectivity index (χ4v) is 4.11. The van der Waals surface area contributed by atoms with Crippen LogP contribution in [0.15, 0.2) is 12.3 Å². The highest BCUT2D eigenvalue weighted by Crippen LogP contribution is 2.38. The zero-order valence-corrected chi connectivity index (χ0v) is 17.3. The molecule has 0 bridgehead atoms. The second kappa shape index (κ2) is 8.43. The maximum absolute atomic E-state index is 13.3. The molecule has 154 valence electrons. The van der Waals surface area contributed by atoms with Crippen LogP contribution in [0.5, 0.6) is 0 Å². The first-order chi connectivity index (χ1) is 13.4. The number of amides is 3. The van der Waals surface area contributed by atoms with Crippen molar-refractivity contribution in [2.75, 3.05) is 44.8 Å². The first-order valence-electron chi connectivity index (χ1n) is 10.1. The van der Waals surface area contributed by atoms with Crippen LogP contribution >= 0.6 is 0 Å². The third-order valence-electron chi connectivity index (χ3n) is 5.56. The van der Waals surface area contributed by atoms with Crippen LogP contribution in [0.2, 0.25) is 0 Å². The molecule has 0 aliphatic carbocycles. The Bertz CT molecular complexity index is 716. The van der Waals surface area contributed by atoms with Gasteiger partial charge < -0.3 is 14.5 Å². The number of nitrogens with zero attached hydrogens (tertiary/aromatic N) is 5. The first-order valence-corrected chi connectivity index (χ1v) is 10.1. The lowest BCUT2D eigenvalue weighted by molar-refractivity contribution is -0.134. The largest absolute Gasteiger partial charge is 0.385 e. The smallest absolute Gasteiger partial charge is 0.327 e. The average Bonchev–Trinajstić information content (AvgIpc) is 2.85. The van der Waals surface area contributed by atoms with E-state index in [4.69, 9.17) is 4.74 Å². The fourth-order valence-electron chi connectivity index (χ4n) is 4.11. The van der Waals surface area contributed by atoms with Gasteiger partial charge in [0.25, 0.3) is 5.91 Å². The van der Waals surface area contributed by atoms with Gasteiger partial charge in [0.15, 0.2) is 0 Å². The Morgan fingerprint density at radius 2 is 1.96 bits per heavy atom. The van der Waals surface area contributed by atoms with Gasteiger partial charge in [0, 0.05) is 51.8 Å². The van der Waals surface area contributed by atoms with Crippen LogP contribution in [0.3, 0.4) is 0 Å². The predicted octanol–water partition coefficient (Wildman–Crippen LogP) is 2.08. The molecule has 2 fully saturated rings. The summed E-state index contributed by atoms with van der Waals surface area (Å²) < 4.78 is 5.09. The molecular weight excluding hydrogens is 358 g/mol. The molecule has 1 aromatic rings. The molecule has 0 unspecified atom stereocenters. The molecule has 0 radical (unpaired) electrons. The number of aryl methyl sites for hydroxylation is 1. The summed E-state index contributed by atoms with van der Waals surface area (Å²) in [7, 11) is 1.63. The number of piperidine rings is 1. The van der Waals surface area contributed by atoms with Crippen LogP contribution < -0.4 is 4.90 Å². The molecule has 0 saturated carbocycles. The lowest BCUT2D eigenvalue weighted by Gasteiger charge is -2.42. The second-order valence-electron chi connectivity index (χ2n) is 8.11. The summed E-state index contributed by atoms with van der Waals surface area (Å²) in [5.41, 5.74) is 0.178. The summed E-state index contributed by atoms with van der Waals surface area (Å²) in [6.07, 6.45) is 3.61. The highest BCUT2D eigenvalue weighted by molar-refractivity contribution is 6.07. The topological polar surface area (TPSA) is 78.9 Å². The summed E-state index contributed by atoms with van der Waals surface area (Å²) in [5.74, 6) is 0.934. The predicted molar refractivity (Wildman–Crippen MR) is 106 cm³/mol. The third kappa shape index (κ3) is 3.83. The summed E-state index contributed by atoms with van der Waals surface area (Å²) >= 11 is 0. The number of carbonyl (C=O) groups is 2. The molecule has 0 atom stereocenters. The Kier molecular flexibility index (Phi) is 6.17. The van der Waals surface area contributed by atoms with Crippen LogP contribution in [0.4, 0.5) is 10.7 Å². The zero-order valence-electron chi connectivity index (χ0n) is 17.3. The summed E-state index contributed by atoms with van der Waals surface area (Å²) in [6, 6.07) is 1.71. The van der Waals surface area contributed by atoms with E-state index in [1.165, 1.54) is 4.90 Å². The molecule has 3 rings (SSSR count). The third-order valence-corrected chi connectivity index (χ3v) is 5.56. The maximum Gasteiger partial charge on any atom is 0.327 e. The molecule has 2 saturated heterocycles. The van der Waals surface area contributed by atoms with Gasteiger partial charge in [0.1, 0.15) is 5.54 Å². The molecule has 8 heteroatoms. The van der Waals surface area contributed by atoms with E-state index >= 15 is 0 Å². The molecule has 2 aliphatic heterocycles. The molecule has 0 aromatic carbocycles. The summed E-state index contributed by atoms with van der Waals surface area (Å²) in [6.45, 7) is 8.94. The van der Waals surface area contributed by atoms with Gasteiger partial charge in [-0.3, -0.25) is 9.69 Å². The second-order valence-corrected chi connectivity index (χ2v) is 8.11. The van der Waals surface area contributed by atoms with Gasteiger partial charge in [-0.15, -0.1) is 0 Å². The SMILES string of the molecule is COCCCN1C(=O)N(CC(C)C)C2(CCN(c3nccc(C)n3)CC2)C1=O. The van der Waals surface area contributed by atoms with Gasteiger partial charge in [-0.1, -0.05) is 13.8 Å². The zero-order chi connectivity index (χ0) is 20.3. The van der Waals surface area contributed by atoms with Crippen molar-refractivity contribution < 1.29 is 14.3 Å². The molecule has 1 spiro atoms. The molecular formula is C20H31N5O3. The van der Waals surface area contributed by atoms with Gasteiger partial charge in [-0.25, -0.2) is 14.8 Å². The molecule has 2 aliphatic rings. The van der Waals surface area contributed by atoms with E-state index in [2.05, 4.69) is 28.7 Å². The van der Waals surface area contributed by atoms with Crippen molar-refractivity contribution in [1.82, 2.24) is 19.8 Å². The minimum Gasteiger partial charge on any atom is -0.385 e. The number of imide groups is 1. The van der Waals surface area contributed by atoms with E-state index in [0.717, 1.165) is 5.69 Å². The number of carbonyl (C=O) groups excluding carboxylic acids is 2. The Labute approximate surface area is 166 Å². The quantitative estimate of drug-likeness (QED) is 0.525. The van der Waals surface area contributed by atoms with E-state index in [1.807, 2.05) is 17.9 Å². The standard InChI is InChI=1S/C20H31N5O3/c1-15(2)14-25-19(27)24(10-5-13-28-4)17(26)20(25)7-11-23(12-8-20)18-21-9-6-16(3)22-18/h6,9,15H,5,7-8,10-14H2,1-4H3. The summed E-state index contributed by atoms with van der Waals surface area (Å²) in [4.78, 5) is 40.6. The number of aromatic nitrogens is 2. The van der Waals surface area contributed by atoms with E-state index in [9.17, 15) is 9.59 Å². The molecule has 0 N–H and O–H groups in total. The van der Waals surface area contributed by atoms with Crippen LogP contribution in [-0.4, -0.2) is 77.1 Å². The van der Waals surface area contributed by atoms with Crippen LogP contribution in [0, 0.1) is 12.8 Å². The number of hydrogen-bond acceptors (Lipinski definition) is 6. The van der Waals surface area contributed by atoms with Gasteiger partial charge in [0.05, 0.1) is 0 Å². The first kappa shape index (κ1) is 20.5. The van der Waals surface area contributed by atoms with Crippen molar-refractivity contribution >= 4 is 17.9 Å². The normalized spacial score (nSPS) is 19.4. The van der Waals surface area contributed by atoms with Crippen LogP contribution in [0.25, 0.3) is 0 Å². The lowest BCUT2D eigenvalue weighted by Crippen LogP contribution is -2.57. The van der Waals surface area contributed by atoms with Crippen molar-refractivity contribution in [3.63, 3.8) is 0 Å². The molecule has 1 aromatic heterocycles. The number of methoxy groups -OCH3 is 1.